The first-order chi connectivity index (χ1) is 21.8. The molecule has 2 nitrogen and oxygen atoms in total. The maximum Gasteiger partial charge on any atom is 0.136 e. The molecule has 10 rings (SSSR count). The molecule has 2 heterocycles. The molecule has 0 unspecified atom stereocenters. The number of furan rings is 2. The highest BCUT2D eigenvalue weighted by Crippen LogP contribution is 2.49. The summed E-state index contributed by atoms with van der Waals surface area (Å²) < 4.78 is 12.8. The highest BCUT2D eigenvalue weighted by Gasteiger charge is 2.22. The Morgan fingerprint density at radius 2 is 0.727 bits per heavy atom. The summed E-state index contributed by atoms with van der Waals surface area (Å²) in [4.78, 5) is 0. The van der Waals surface area contributed by atoms with Crippen molar-refractivity contribution in [1.29, 1.82) is 0 Å². The summed E-state index contributed by atoms with van der Waals surface area (Å²) in [7, 11) is 0. The van der Waals surface area contributed by atoms with Crippen molar-refractivity contribution in [3.05, 3.63) is 146 Å². The zero-order valence-corrected chi connectivity index (χ0v) is 23.7. The summed E-state index contributed by atoms with van der Waals surface area (Å²) in [5, 5.41) is 11.9. The van der Waals surface area contributed by atoms with Crippen molar-refractivity contribution in [3.8, 4) is 22.3 Å². The first kappa shape index (κ1) is 23.7. The topological polar surface area (TPSA) is 26.3 Å². The molecule has 0 aliphatic rings. The maximum atomic E-state index is 6.51. The molecule has 0 spiro atoms. The zero-order valence-electron chi connectivity index (χ0n) is 23.7. The third kappa shape index (κ3) is 3.14. The molecule has 0 atom stereocenters. The summed E-state index contributed by atoms with van der Waals surface area (Å²) in [6, 6.07) is 51.8. The standard InChI is InChI=1S/C42H24O2/c1-2-12-26-25(11-1)23-24-37-41(26)42-33(19-10-22-36(42)44-37)39-29-15-5-3-13-27(29)38(28-14-4-6-16-30(28)39)32-18-9-21-35-40(32)31-17-7-8-20-34(31)43-35/h1-24H. The van der Waals surface area contributed by atoms with Crippen LogP contribution in [0.1, 0.15) is 0 Å². The van der Waals surface area contributed by atoms with E-state index < -0.39 is 0 Å². The second kappa shape index (κ2) is 8.82. The summed E-state index contributed by atoms with van der Waals surface area (Å²) in [5.74, 6) is 0. The molecule has 0 fully saturated rings. The Bertz CT molecular complexity index is 2720. The highest BCUT2D eigenvalue weighted by molar-refractivity contribution is 6.30. The van der Waals surface area contributed by atoms with Gasteiger partial charge >= 0.3 is 0 Å². The van der Waals surface area contributed by atoms with E-state index in [1.807, 2.05) is 6.07 Å². The molecule has 0 saturated carbocycles. The van der Waals surface area contributed by atoms with Crippen LogP contribution in [-0.4, -0.2) is 0 Å². The molecule has 0 aliphatic heterocycles. The van der Waals surface area contributed by atoms with Crippen molar-refractivity contribution in [2.45, 2.75) is 0 Å². The van der Waals surface area contributed by atoms with Gasteiger partial charge in [-0.15, -0.1) is 0 Å². The predicted octanol–water partition coefficient (Wildman–Crippen LogP) is 12.3. The molecule has 44 heavy (non-hydrogen) atoms. The van der Waals surface area contributed by atoms with Gasteiger partial charge in [-0.05, 0) is 78.8 Å². The van der Waals surface area contributed by atoms with Gasteiger partial charge < -0.3 is 8.83 Å². The normalized spacial score (nSPS) is 12.1. The molecule has 0 saturated heterocycles. The van der Waals surface area contributed by atoms with Gasteiger partial charge in [-0.1, -0.05) is 121 Å². The van der Waals surface area contributed by atoms with Crippen molar-refractivity contribution in [2.24, 2.45) is 0 Å². The molecular weight excluding hydrogens is 536 g/mol. The lowest BCUT2D eigenvalue weighted by Gasteiger charge is -2.18. The van der Waals surface area contributed by atoms with E-state index in [9.17, 15) is 0 Å². The Morgan fingerprint density at radius 1 is 0.273 bits per heavy atom. The monoisotopic (exact) mass is 560 g/mol. The average molecular weight is 561 g/mol. The van der Waals surface area contributed by atoms with Crippen LogP contribution in [0.25, 0.3) is 98.4 Å². The van der Waals surface area contributed by atoms with Crippen LogP contribution >= 0.6 is 0 Å². The Hall–Kier alpha value is -5.86. The SMILES string of the molecule is c1ccc2c(c1)ccc1oc3cccc(-c4c5ccccc5c(-c5cccc6oc7ccccc7c56)c5ccccc45)c3c12. The molecular formula is C42H24O2. The molecule has 2 aromatic heterocycles. The largest absolute Gasteiger partial charge is 0.456 e. The first-order valence-corrected chi connectivity index (χ1v) is 15.0. The minimum atomic E-state index is 0.903. The number of benzene rings is 8. The van der Waals surface area contributed by atoms with Crippen LogP contribution in [-0.2, 0) is 0 Å². The molecule has 0 amide bonds. The van der Waals surface area contributed by atoms with Crippen molar-refractivity contribution < 1.29 is 8.83 Å². The van der Waals surface area contributed by atoms with Gasteiger partial charge in [-0.25, -0.2) is 0 Å². The lowest BCUT2D eigenvalue weighted by atomic mass is 9.84. The fraction of sp³-hybridized carbons (Fsp3) is 0. The number of para-hydroxylation sites is 1. The van der Waals surface area contributed by atoms with Gasteiger partial charge in [0.2, 0.25) is 0 Å². The molecule has 0 bridgehead atoms. The second-order valence-electron chi connectivity index (χ2n) is 11.6. The van der Waals surface area contributed by atoms with E-state index in [2.05, 4.69) is 140 Å². The molecule has 0 radical (unpaired) electrons. The van der Waals surface area contributed by atoms with E-state index in [-0.39, 0.29) is 0 Å². The van der Waals surface area contributed by atoms with Crippen LogP contribution in [0.4, 0.5) is 0 Å². The third-order valence-corrected chi connectivity index (χ3v) is 9.26. The molecule has 204 valence electrons. The molecule has 8 aromatic carbocycles. The average Bonchev–Trinajstić information content (AvgIpc) is 3.66. The first-order valence-electron chi connectivity index (χ1n) is 15.0. The van der Waals surface area contributed by atoms with E-state index in [0.29, 0.717) is 0 Å². The number of hydrogen-bond acceptors (Lipinski definition) is 2. The summed E-state index contributed by atoms with van der Waals surface area (Å²) in [5.41, 5.74) is 8.45. The van der Waals surface area contributed by atoms with E-state index in [1.54, 1.807) is 0 Å². The fourth-order valence-electron chi connectivity index (χ4n) is 7.49. The number of hydrogen-bond donors (Lipinski definition) is 0. The highest BCUT2D eigenvalue weighted by atomic mass is 16.3. The van der Waals surface area contributed by atoms with Gasteiger partial charge in [0.25, 0.3) is 0 Å². The lowest BCUT2D eigenvalue weighted by Crippen LogP contribution is -1.91. The van der Waals surface area contributed by atoms with Crippen LogP contribution in [0.2, 0.25) is 0 Å². The summed E-state index contributed by atoms with van der Waals surface area (Å²) >= 11 is 0. The van der Waals surface area contributed by atoms with Crippen molar-refractivity contribution in [1.82, 2.24) is 0 Å². The molecule has 0 N–H and O–H groups in total. The summed E-state index contributed by atoms with van der Waals surface area (Å²) in [6.45, 7) is 0. The van der Waals surface area contributed by atoms with Gasteiger partial charge in [-0.2, -0.15) is 0 Å². The molecule has 10 aromatic rings. The quantitative estimate of drug-likeness (QED) is 0.197. The smallest absolute Gasteiger partial charge is 0.136 e. The minimum absolute atomic E-state index is 0.903. The fourth-order valence-corrected chi connectivity index (χ4v) is 7.49. The van der Waals surface area contributed by atoms with E-state index in [0.717, 1.165) is 38.5 Å². The van der Waals surface area contributed by atoms with E-state index in [1.165, 1.54) is 60.0 Å². The Labute approximate surface area is 252 Å². The second-order valence-corrected chi connectivity index (χ2v) is 11.6. The Balaban J connectivity index is 1.40. The van der Waals surface area contributed by atoms with Gasteiger partial charge in [0.15, 0.2) is 0 Å². The van der Waals surface area contributed by atoms with Gasteiger partial charge in [0, 0.05) is 21.5 Å². The van der Waals surface area contributed by atoms with Crippen LogP contribution in [0, 0.1) is 0 Å². The van der Waals surface area contributed by atoms with Crippen LogP contribution in [0.3, 0.4) is 0 Å². The molecule has 0 aliphatic carbocycles. The van der Waals surface area contributed by atoms with Gasteiger partial charge in [-0.3, -0.25) is 0 Å². The zero-order chi connectivity index (χ0) is 28.8. The van der Waals surface area contributed by atoms with Crippen LogP contribution in [0.15, 0.2) is 154 Å². The number of rotatable bonds is 2. The van der Waals surface area contributed by atoms with E-state index >= 15 is 0 Å². The number of fused-ring (bicyclic) bond motifs is 10. The maximum absolute atomic E-state index is 6.51. The van der Waals surface area contributed by atoms with Crippen molar-refractivity contribution in [2.75, 3.05) is 0 Å². The third-order valence-electron chi connectivity index (χ3n) is 9.26. The summed E-state index contributed by atoms with van der Waals surface area (Å²) in [6.07, 6.45) is 0. The minimum Gasteiger partial charge on any atom is -0.456 e. The van der Waals surface area contributed by atoms with Crippen molar-refractivity contribution >= 4 is 76.2 Å². The van der Waals surface area contributed by atoms with E-state index in [4.69, 9.17) is 8.83 Å². The van der Waals surface area contributed by atoms with Gasteiger partial charge in [0.05, 0.1) is 0 Å². The Kier molecular flexibility index (Phi) is 4.75. The van der Waals surface area contributed by atoms with Gasteiger partial charge in [0.1, 0.15) is 22.3 Å². The lowest BCUT2D eigenvalue weighted by molar-refractivity contribution is 0.668. The molecule has 2 heteroatoms. The van der Waals surface area contributed by atoms with Crippen LogP contribution in [0.5, 0.6) is 0 Å². The van der Waals surface area contributed by atoms with Crippen LogP contribution < -0.4 is 0 Å². The Morgan fingerprint density at radius 3 is 1.39 bits per heavy atom. The van der Waals surface area contributed by atoms with Crippen molar-refractivity contribution in [3.63, 3.8) is 0 Å². The predicted molar refractivity (Wildman–Crippen MR) is 184 cm³/mol.